The average molecular weight is 207 g/mol. The Hall–Kier alpha value is -1.16. The zero-order valence-corrected chi connectivity index (χ0v) is 9.09. The number of aromatic nitrogens is 2. The Morgan fingerprint density at radius 1 is 1.47 bits per heavy atom. The highest BCUT2D eigenvalue weighted by atomic mass is 16.1. The van der Waals surface area contributed by atoms with Crippen molar-refractivity contribution in [3.05, 3.63) is 18.2 Å². The molecule has 1 unspecified atom stereocenters. The lowest BCUT2D eigenvalue weighted by Gasteiger charge is -2.17. The summed E-state index contributed by atoms with van der Waals surface area (Å²) in [6.45, 7) is 2.25. The van der Waals surface area contributed by atoms with Crippen LogP contribution in [0.15, 0.2) is 12.4 Å². The minimum Gasteiger partial charge on any atom is -0.326 e. The number of hydrogen-bond acceptors (Lipinski definition) is 3. The number of aldehydes is 1. The first-order valence-electron chi connectivity index (χ1n) is 5.48. The topological polar surface area (TPSA) is 38.1 Å². The van der Waals surface area contributed by atoms with Crippen LogP contribution in [0.5, 0.6) is 0 Å². The number of imidazole rings is 1. The molecule has 1 saturated heterocycles. The Labute approximate surface area is 89.9 Å². The van der Waals surface area contributed by atoms with Crippen molar-refractivity contribution < 1.29 is 4.79 Å². The highest BCUT2D eigenvalue weighted by Gasteiger charge is 2.17. The summed E-state index contributed by atoms with van der Waals surface area (Å²) in [5.74, 6) is 0.560. The maximum atomic E-state index is 10.8. The summed E-state index contributed by atoms with van der Waals surface area (Å²) in [5.41, 5.74) is 0. The van der Waals surface area contributed by atoms with Crippen LogP contribution in [-0.4, -0.2) is 40.9 Å². The fraction of sp³-hybridized carbons (Fsp3) is 0.636. The van der Waals surface area contributed by atoms with E-state index < -0.39 is 0 Å². The average Bonchev–Trinajstić information content (AvgIpc) is 2.61. The van der Waals surface area contributed by atoms with Gasteiger partial charge in [0.1, 0.15) is 0 Å². The molecule has 0 saturated carbocycles. The first-order valence-corrected chi connectivity index (χ1v) is 5.48. The SMILES string of the molecule is CN1CCCC(n2ccnc2C=O)CC1. The van der Waals surface area contributed by atoms with Gasteiger partial charge in [0.2, 0.25) is 0 Å². The van der Waals surface area contributed by atoms with Crippen LogP contribution in [0.2, 0.25) is 0 Å². The molecule has 1 aromatic heterocycles. The highest BCUT2D eigenvalue weighted by molar-refractivity contribution is 5.69. The Morgan fingerprint density at radius 2 is 2.33 bits per heavy atom. The highest BCUT2D eigenvalue weighted by Crippen LogP contribution is 2.22. The van der Waals surface area contributed by atoms with Gasteiger partial charge >= 0.3 is 0 Å². The number of carbonyl (C=O) groups excluding carboxylic acids is 1. The van der Waals surface area contributed by atoms with Gasteiger partial charge < -0.3 is 9.47 Å². The lowest BCUT2D eigenvalue weighted by Crippen LogP contribution is -2.19. The summed E-state index contributed by atoms with van der Waals surface area (Å²) < 4.78 is 2.02. The normalized spacial score (nSPS) is 23.7. The van der Waals surface area contributed by atoms with E-state index in [0.29, 0.717) is 11.9 Å². The Bertz CT molecular complexity index is 334. The second kappa shape index (κ2) is 4.57. The summed E-state index contributed by atoms with van der Waals surface area (Å²) in [6.07, 6.45) is 7.90. The summed E-state index contributed by atoms with van der Waals surface area (Å²) in [6, 6.07) is 0.442. The van der Waals surface area contributed by atoms with Gasteiger partial charge in [0.15, 0.2) is 12.1 Å². The van der Waals surface area contributed by atoms with Crippen LogP contribution in [0.3, 0.4) is 0 Å². The van der Waals surface area contributed by atoms with Gasteiger partial charge in [-0.2, -0.15) is 0 Å². The summed E-state index contributed by atoms with van der Waals surface area (Å²) in [7, 11) is 2.15. The molecule has 1 aromatic rings. The molecule has 4 heteroatoms. The number of nitrogens with zero attached hydrogens (tertiary/aromatic N) is 3. The molecule has 0 bridgehead atoms. The van der Waals surface area contributed by atoms with Crippen molar-refractivity contribution >= 4 is 6.29 Å². The van der Waals surface area contributed by atoms with E-state index in [-0.39, 0.29) is 0 Å². The van der Waals surface area contributed by atoms with Crippen LogP contribution in [0.4, 0.5) is 0 Å². The zero-order chi connectivity index (χ0) is 10.7. The molecule has 2 rings (SSSR count). The van der Waals surface area contributed by atoms with Crippen molar-refractivity contribution in [3.8, 4) is 0 Å². The predicted molar refractivity (Wildman–Crippen MR) is 58.0 cm³/mol. The second-order valence-corrected chi connectivity index (χ2v) is 4.20. The van der Waals surface area contributed by atoms with Gasteiger partial charge in [-0.15, -0.1) is 0 Å². The van der Waals surface area contributed by atoms with Crippen molar-refractivity contribution in [2.75, 3.05) is 20.1 Å². The van der Waals surface area contributed by atoms with E-state index in [9.17, 15) is 4.79 Å². The van der Waals surface area contributed by atoms with Gasteiger partial charge in [0, 0.05) is 18.4 Å². The van der Waals surface area contributed by atoms with Crippen LogP contribution in [0.25, 0.3) is 0 Å². The van der Waals surface area contributed by atoms with Gasteiger partial charge in [0.25, 0.3) is 0 Å². The lowest BCUT2D eigenvalue weighted by atomic mass is 10.1. The molecule has 0 N–H and O–H groups in total. The first-order chi connectivity index (χ1) is 7.31. The lowest BCUT2D eigenvalue weighted by molar-refractivity contribution is 0.110. The molecule has 0 radical (unpaired) electrons. The van der Waals surface area contributed by atoms with E-state index in [1.807, 2.05) is 10.8 Å². The van der Waals surface area contributed by atoms with Crippen molar-refractivity contribution in [1.29, 1.82) is 0 Å². The summed E-state index contributed by atoms with van der Waals surface area (Å²) in [4.78, 5) is 17.2. The molecule has 4 nitrogen and oxygen atoms in total. The van der Waals surface area contributed by atoms with E-state index in [4.69, 9.17) is 0 Å². The molecule has 1 atom stereocenters. The smallest absolute Gasteiger partial charge is 0.185 e. The van der Waals surface area contributed by atoms with Crippen molar-refractivity contribution in [3.63, 3.8) is 0 Å². The molecule has 1 fully saturated rings. The molecule has 15 heavy (non-hydrogen) atoms. The zero-order valence-electron chi connectivity index (χ0n) is 9.09. The molecule has 0 spiro atoms. The van der Waals surface area contributed by atoms with Crippen molar-refractivity contribution in [2.24, 2.45) is 0 Å². The fourth-order valence-corrected chi connectivity index (χ4v) is 2.23. The van der Waals surface area contributed by atoms with Gasteiger partial charge in [-0.3, -0.25) is 4.79 Å². The maximum Gasteiger partial charge on any atom is 0.185 e. The van der Waals surface area contributed by atoms with Crippen LogP contribution < -0.4 is 0 Å². The molecule has 0 aromatic carbocycles. The van der Waals surface area contributed by atoms with Crippen LogP contribution in [0, 0.1) is 0 Å². The largest absolute Gasteiger partial charge is 0.326 e. The molecule has 2 heterocycles. The Balaban J connectivity index is 2.12. The third-order valence-corrected chi connectivity index (χ3v) is 3.12. The quantitative estimate of drug-likeness (QED) is 0.687. The standard InChI is InChI=1S/C11H17N3O/c1-13-6-2-3-10(4-7-13)14-8-5-12-11(14)9-15/h5,8-10H,2-4,6-7H2,1H3. The van der Waals surface area contributed by atoms with E-state index in [2.05, 4.69) is 16.9 Å². The molecule has 82 valence electrons. The number of carbonyl (C=O) groups is 1. The molecular formula is C11H17N3O. The maximum absolute atomic E-state index is 10.8. The fourth-order valence-electron chi connectivity index (χ4n) is 2.23. The Morgan fingerprint density at radius 3 is 3.13 bits per heavy atom. The van der Waals surface area contributed by atoms with Crippen molar-refractivity contribution in [1.82, 2.24) is 14.5 Å². The number of likely N-dealkylation sites (tertiary alicyclic amines) is 1. The summed E-state index contributed by atoms with van der Waals surface area (Å²) >= 11 is 0. The van der Waals surface area contributed by atoms with Crippen LogP contribution in [-0.2, 0) is 0 Å². The van der Waals surface area contributed by atoms with E-state index in [1.165, 1.54) is 6.42 Å². The van der Waals surface area contributed by atoms with Crippen LogP contribution >= 0.6 is 0 Å². The summed E-state index contributed by atoms with van der Waals surface area (Å²) in [5, 5.41) is 0. The van der Waals surface area contributed by atoms with E-state index in [1.54, 1.807) is 6.20 Å². The van der Waals surface area contributed by atoms with Gasteiger partial charge in [-0.25, -0.2) is 4.98 Å². The minimum atomic E-state index is 0.442. The van der Waals surface area contributed by atoms with E-state index in [0.717, 1.165) is 32.2 Å². The monoisotopic (exact) mass is 207 g/mol. The van der Waals surface area contributed by atoms with Gasteiger partial charge in [0.05, 0.1) is 0 Å². The van der Waals surface area contributed by atoms with Crippen molar-refractivity contribution in [2.45, 2.75) is 25.3 Å². The van der Waals surface area contributed by atoms with Crippen LogP contribution in [0.1, 0.15) is 35.9 Å². The van der Waals surface area contributed by atoms with Gasteiger partial charge in [-0.05, 0) is 39.4 Å². The molecule has 0 aliphatic carbocycles. The van der Waals surface area contributed by atoms with Gasteiger partial charge in [-0.1, -0.05) is 0 Å². The second-order valence-electron chi connectivity index (χ2n) is 4.20. The third-order valence-electron chi connectivity index (χ3n) is 3.12. The minimum absolute atomic E-state index is 0.442. The predicted octanol–water partition coefficient (Wildman–Crippen LogP) is 1.35. The first kappa shape index (κ1) is 10.4. The molecule has 1 aliphatic heterocycles. The third kappa shape index (κ3) is 2.26. The number of rotatable bonds is 2. The number of hydrogen-bond donors (Lipinski definition) is 0. The molecular weight excluding hydrogens is 190 g/mol. The Kier molecular flexibility index (Phi) is 3.16. The molecule has 0 amide bonds. The molecule has 1 aliphatic rings. The van der Waals surface area contributed by atoms with E-state index >= 15 is 0 Å².